The summed E-state index contributed by atoms with van der Waals surface area (Å²) in [7, 11) is -6.27. The molecule has 11 heteroatoms. The number of benzene rings is 1. The van der Waals surface area contributed by atoms with Gasteiger partial charge in [-0.2, -0.15) is 26.0 Å². The molecule has 3 fully saturated rings. The third-order valence-electron chi connectivity index (χ3n) is 5.76. The summed E-state index contributed by atoms with van der Waals surface area (Å²) in [4.78, 5) is 0. The fourth-order valence-corrected chi connectivity index (χ4v) is 5.03. The Morgan fingerprint density at radius 2 is 1.59 bits per heavy atom. The van der Waals surface area contributed by atoms with Crippen LogP contribution >= 0.6 is 0 Å². The van der Waals surface area contributed by atoms with E-state index in [1.54, 1.807) is 0 Å². The normalized spacial score (nSPS) is 36.2. The molecule has 0 aromatic heterocycles. The Balaban J connectivity index is 1.57. The highest BCUT2D eigenvalue weighted by Gasteiger charge is 2.74. The lowest BCUT2D eigenvalue weighted by Crippen LogP contribution is -2.55. The van der Waals surface area contributed by atoms with Crippen LogP contribution < -0.4 is 0 Å². The smallest absolute Gasteiger partial charge is 0.431 e. The van der Waals surface area contributed by atoms with Crippen LogP contribution in [-0.2, 0) is 19.6 Å². The highest BCUT2D eigenvalue weighted by atomic mass is 32.2. The summed E-state index contributed by atoms with van der Waals surface area (Å²) >= 11 is 0. The van der Waals surface area contributed by atoms with Crippen molar-refractivity contribution < 1.29 is 45.1 Å². The number of fused-ring (bicyclic) bond motifs is 5. The number of hydrogen-bond acceptors (Lipinski definition) is 5. The third-order valence-corrected chi connectivity index (χ3v) is 6.68. The molecule has 1 aliphatic heterocycles. The minimum absolute atomic E-state index is 0.0177. The van der Waals surface area contributed by atoms with Crippen molar-refractivity contribution in [3.8, 4) is 5.75 Å². The summed E-state index contributed by atoms with van der Waals surface area (Å²) in [5, 5.41) is 3.73. The first-order valence-corrected chi connectivity index (χ1v) is 9.70. The van der Waals surface area contributed by atoms with Gasteiger partial charge in [-0.05, 0) is 36.8 Å². The molecule has 27 heavy (non-hydrogen) atoms. The summed E-state index contributed by atoms with van der Waals surface area (Å²) in [6.07, 6.45) is -2.52. The van der Waals surface area contributed by atoms with E-state index in [0.29, 0.717) is 5.56 Å². The second-order valence-electron chi connectivity index (χ2n) is 7.24. The third kappa shape index (κ3) is 2.66. The Morgan fingerprint density at radius 3 is 2.19 bits per heavy atom. The predicted octanol–water partition coefficient (Wildman–Crippen LogP) is 2.95. The lowest BCUT2D eigenvalue weighted by atomic mass is 9.81. The van der Waals surface area contributed by atoms with Crippen molar-refractivity contribution in [2.45, 2.75) is 42.5 Å². The standard InChI is InChI=1S/C16H16F4O6S/c17-15(18,16(19,20)27(22,23)24)11-6-8-5-10(11)13-12(8)25-14(26-13)7-1-3-9(21)4-2-7/h1-4,8,10-14,21H,5-6H2,(H,22,23,24). The van der Waals surface area contributed by atoms with Gasteiger partial charge in [0.25, 0.3) is 0 Å². The van der Waals surface area contributed by atoms with Gasteiger partial charge in [-0.3, -0.25) is 4.55 Å². The molecule has 0 radical (unpaired) electrons. The highest BCUT2D eigenvalue weighted by molar-refractivity contribution is 7.87. The molecule has 2 saturated carbocycles. The maximum absolute atomic E-state index is 14.4. The Labute approximate surface area is 151 Å². The summed E-state index contributed by atoms with van der Waals surface area (Å²) < 4.78 is 97.8. The van der Waals surface area contributed by atoms with Gasteiger partial charge in [0.15, 0.2) is 6.29 Å². The number of alkyl halides is 4. The first-order chi connectivity index (χ1) is 12.4. The molecular weight excluding hydrogens is 396 g/mol. The topological polar surface area (TPSA) is 93.1 Å². The maximum Gasteiger partial charge on any atom is 0.431 e. The zero-order chi connectivity index (χ0) is 19.8. The van der Waals surface area contributed by atoms with Gasteiger partial charge in [-0.1, -0.05) is 12.1 Å². The molecule has 0 spiro atoms. The van der Waals surface area contributed by atoms with Crippen LogP contribution in [0.1, 0.15) is 24.7 Å². The van der Waals surface area contributed by atoms with Gasteiger partial charge in [-0.15, -0.1) is 0 Å². The van der Waals surface area contributed by atoms with E-state index in [1.165, 1.54) is 24.3 Å². The Hall–Kier alpha value is -1.43. The van der Waals surface area contributed by atoms with Crippen molar-refractivity contribution in [3.63, 3.8) is 0 Å². The van der Waals surface area contributed by atoms with Crippen LogP contribution in [0, 0.1) is 17.8 Å². The van der Waals surface area contributed by atoms with E-state index in [-0.39, 0.29) is 18.6 Å². The number of hydrogen-bond donors (Lipinski definition) is 2. The van der Waals surface area contributed by atoms with Crippen LogP contribution in [0.5, 0.6) is 5.75 Å². The monoisotopic (exact) mass is 412 g/mol. The molecule has 1 aromatic rings. The maximum atomic E-state index is 14.4. The van der Waals surface area contributed by atoms with Crippen LogP contribution in [0.4, 0.5) is 17.6 Å². The zero-order valence-electron chi connectivity index (χ0n) is 13.6. The zero-order valence-corrected chi connectivity index (χ0v) is 14.5. The molecule has 2 bridgehead atoms. The molecule has 1 saturated heterocycles. The molecule has 2 aliphatic carbocycles. The van der Waals surface area contributed by atoms with Crippen molar-refractivity contribution in [2.24, 2.45) is 17.8 Å². The summed E-state index contributed by atoms with van der Waals surface area (Å²) in [5.74, 6) is -8.38. The predicted molar refractivity (Wildman–Crippen MR) is 81.7 cm³/mol. The molecule has 0 amide bonds. The molecule has 6 unspecified atom stereocenters. The van der Waals surface area contributed by atoms with Gasteiger partial charge in [0.1, 0.15) is 5.75 Å². The van der Waals surface area contributed by atoms with E-state index in [0.717, 1.165) is 0 Å². The van der Waals surface area contributed by atoms with Gasteiger partial charge in [0.05, 0.1) is 12.2 Å². The first kappa shape index (κ1) is 18.9. The van der Waals surface area contributed by atoms with Crippen LogP contribution in [0.25, 0.3) is 0 Å². The summed E-state index contributed by atoms with van der Waals surface area (Å²) in [5.41, 5.74) is 0.535. The molecule has 1 heterocycles. The SMILES string of the molecule is O=S(=O)(O)C(F)(F)C(F)(F)C1CC2CC1C1OC(c3ccc(O)cc3)OC21. The van der Waals surface area contributed by atoms with E-state index in [9.17, 15) is 31.1 Å². The van der Waals surface area contributed by atoms with Gasteiger partial charge in [0, 0.05) is 11.5 Å². The summed E-state index contributed by atoms with van der Waals surface area (Å²) in [6, 6.07) is 5.85. The van der Waals surface area contributed by atoms with Crippen molar-refractivity contribution in [2.75, 3.05) is 0 Å². The molecular formula is C16H16F4O6S. The second-order valence-corrected chi connectivity index (χ2v) is 8.70. The fourth-order valence-electron chi connectivity index (χ4n) is 4.53. The first-order valence-electron chi connectivity index (χ1n) is 8.26. The molecule has 150 valence electrons. The quantitative estimate of drug-likeness (QED) is 0.584. The Morgan fingerprint density at radius 1 is 1.00 bits per heavy atom. The van der Waals surface area contributed by atoms with Crippen molar-refractivity contribution in [1.29, 1.82) is 0 Å². The summed E-state index contributed by atoms with van der Waals surface area (Å²) in [6.45, 7) is 0. The number of phenolic OH excluding ortho intramolecular Hbond substituents is 1. The largest absolute Gasteiger partial charge is 0.508 e. The number of rotatable bonds is 4. The van der Waals surface area contributed by atoms with Crippen molar-refractivity contribution in [3.05, 3.63) is 29.8 Å². The minimum Gasteiger partial charge on any atom is -0.508 e. The second kappa shape index (κ2) is 5.79. The molecule has 4 rings (SSSR count). The van der Waals surface area contributed by atoms with E-state index in [4.69, 9.17) is 14.0 Å². The average molecular weight is 412 g/mol. The van der Waals surface area contributed by atoms with Gasteiger partial charge < -0.3 is 14.6 Å². The van der Waals surface area contributed by atoms with Gasteiger partial charge in [-0.25, -0.2) is 0 Å². The van der Waals surface area contributed by atoms with Crippen molar-refractivity contribution in [1.82, 2.24) is 0 Å². The average Bonchev–Trinajstić information content (AvgIpc) is 3.25. The Bertz CT molecular complexity index is 843. The van der Waals surface area contributed by atoms with Crippen molar-refractivity contribution >= 4 is 10.1 Å². The number of aromatic hydroxyl groups is 1. The molecule has 3 aliphatic rings. The van der Waals surface area contributed by atoms with Crippen LogP contribution in [-0.4, -0.2) is 41.5 Å². The number of phenols is 1. The van der Waals surface area contributed by atoms with Crippen LogP contribution in [0.2, 0.25) is 0 Å². The lowest BCUT2D eigenvalue weighted by molar-refractivity contribution is -0.210. The van der Waals surface area contributed by atoms with Gasteiger partial charge in [0.2, 0.25) is 0 Å². The molecule has 6 atom stereocenters. The molecule has 1 aromatic carbocycles. The van der Waals surface area contributed by atoms with Crippen LogP contribution in [0.15, 0.2) is 24.3 Å². The number of halogens is 4. The van der Waals surface area contributed by atoms with E-state index in [1.807, 2.05) is 0 Å². The van der Waals surface area contributed by atoms with Crippen LogP contribution in [0.3, 0.4) is 0 Å². The number of ether oxygens (including phenoxy) is 2. The van der Waals surface area contributed by atoms with Gasteiger partial charge >= 0.3 is 21.3 Å². The fraction of sp³-hybridized carbons (Fsp3) is 0.625. The van der Waals surface area contributed by atoms with E-state index < -0.39 is 57.5 Å². The highest BCUT2D eigenvalue weighted by Crippen LogP contribution is 2.62. The van der Waals surface area contributed by atoms with E-state index >= 15 is 0 Å². The minimum atomic E-state index is -6.27. The molecule has 2 N–H and O–H groups in total. The lowest BCUT2D eigenvalue weighted by Gasteiger charge is -2.36. The molecule has 6 nitrogen and oxygen atoms in total. The Kier molecular flexibility index (Phi) is 4.05. The van der Waals surface area contributed by atoms with E-state index in [2.05, 4.69) is 0 Å².